The third kappa shape index (κ3) is 5.64. The van der Waals surface area contributed by atoms with Gasteiger partial charge in [-0.15, -0.1) is 0 Å². The maximum absolute atomic E-state index is 12.6. The van der Waals surface area contributed by atoms with Crippen molar-refractivity contribution >= 4 is 5.91 Å². The normalized spacial score (nSPS) is 14.2. The zero-order valence-corrected chi connectivity index (χ0v) is 17.7. The van der Waals surface area contributed by atoms with Gasteiger partial charge in [0.1, 0.15) is 24.6 Å². The van der Waals surface area contributed by atoms with Crippen molar-refractivity contribution in [3.05, 3.63) is 53.6 Å². The first-order valence-corrected chi connectivity index (χ1v) is 9.94. The fourth-order valence-corrected chi connectivity index (χ4v) is 3.24. The Morgan fingerprint density at radius 2 is 1.79 bits per heavy atom. The fourth-order valence-electron chi connectivity index (χ4n) is 3.24. The zero-order valence-electron chi connectivity index (χ0n) is 17.7. The van der Waals surface area contributed by atoms with Crippen LogP contribution in [0, 0.1) is 0 Å². The lowest BCUT2D eigenvalue weighted by atomic mass is 10.0. The van der Waals surface area contributed by atoms with Crippen LogP contribution in [-0.4, -0.2) is 56.8 Å². The molecule has 156 valence electrons. The summed E-state index contributed by atoms with van der Waals surface area (Å²) in [5.74, 6) is 1.94. The highest BCUT2D eigenvalue weighted by Crippen LogP contribution is 2.41. The summed E-state index contributed by atoms with van der Waals surface area (Å²) in [6.45, 7) is 6.18. The lowest BCUT2D eigenvalue weighted by Gasteiger charge is -2.18. The van der Waals surface area contributed by atoms with Gasteiger partial charge < -0.3 is 24.4 Å². The highest BCUT2D eigenvalue weighted by Gasteiger charge is 2.32. The van der Waals surface area contributed by atoms with Gasteiger partial charge in [0.2, 0.25) is 0 Å². The first-order chi connectivity index (χ1) is 13.9. The maximum atomic E-state index is 12.6. The fraction of sp³-hybridized carbons (Fsp3) is 0.435. The topological polar surface area (TPSA) is 60.0 Å². The molecule has 1 aliphatic rings. The Kier molecular flexibility index (Phi) is 6.64. The number of hydrogen-bond donors (Lipinski definition) is 1. The molecule has 29 heavy (non-hydrogen) atoms. The number of benzene rings is 2. The molecule has 0 aromatic heterocycles. The van der Waals surface area contributed by atoms with Crippen molar-refractivity contribution in [2.24, 2.45) is 0 Å². The molecule has 1 aliphatic heterocycles. The Labute approximate surface area is 172 Å². The van der Waals surface area contributed by atoms with E-state index in [0.717, 1.165) is 30.0 Å². The van der Waals surface area contributed by atoms with Gasteiger partial charge in [0.25, 0.3) is 5.91 Å². The van der Waals surface area contributed by atoms with E-state index < -0.39 is 0 Å². The van der Waals surface area contributed by atoms with Gasteiger partial charge in [-0.2, -0.15) is 0 Å². The summed E-state index contributed by atoms with van der Waals surface area (Å²) < 4.78 is 17.6. The van der Waals surface area contributed by atoms with Crippen LogP contribution in [0.1, 0.15) is 29.8 Å². The highest BCUT2D eigenvalue weighted by atomic mass is 16.5. The van der Waals surface area contributed by atoms with E-state index in [4.69, 9.17) is 14.2 Å². The molecule has 6 nitrogen and oxygen atoms in total. The second-order valence-electron chi connectivity index (χ2n) is 8.04. The zero-order chi connectivity index (χ0) is 20.9. The van der Waals surface area contributed by atoms with Crippen LogP contribution in [0.5, 0.6) is 17.2 Å². The molecule has 0 radical (unpaired) electrons. The number of fused-ring (bicyclic) bond motifs is 1. The molecule has 0 saturated carbocycles. The SMILES string of the molecule is CN(C)CCOc1ccccc1C(=O)NCCOc1cccc2c1OC(C)(C)C2. The third-order valence-electron chi connectivity index (χ3n) is 4.63. The van der Waals surface area contributed by atoms with E-state index in [1.165, 1.54) is 0 Å². The minimum atomic E-state index is -0.216. The van der Waals surface area contributed by atoms with Crippen molar-refractivity contribution in [1.29, 1.82) is 0 Å². The van der Waals surface area contributed by atoms with Crippen molar-refractivity contribution in [2.45, 2.75) is 25.9 Å². The predicted molar refractivity (Wildman–Crippen MR) is 113 cm³/mol. The third-order valence-corrected chi connectivity index (χ3v) is 4.63. The van der Waals surface area contributed by atoms with Crippen LogP contribution in [0.15, 0.2) is 42.5 Å². The smallest absolute Gasteiger partial charge is 0.255 e. The molecule has 0 bridgehead atoms. The van der Waals surface area contributed by atoms with E-state index in [2.05, 4.69) is 25.2 Å². The number of carbonyl (C=O) groups is 1. The van der Waals surface area contributed by atoms with Crippen molar-refractivity contribution in [2.75, 3.05) is 40.4 Å². The Morgan fingerprint density at radius 1 is 1.07 bits per heavy atom. The minimum absolute atomic E-state index is 0.176. The molecular weight excluding hydrogens is 368 g/mol. The monoisotopic (exact) mass is 398 g/mol. The van der Waals surface area contributed by atoms with Gasteiger partial charge in [0.15, 0.2) is 11.5 Å². The largest absolute Gasteiger partial charge is 0.491 e. The van der Waals surface area contributed by atoms with E-state index in [1.54, 1.807) is 6.07 Å². The van der Waals surface area contributed by atoms with E-state index in [1.807, 2.05) is 49.3 Å². The first kappa shape index (κ1) is 21.0. The number of likely N-dealkylation sites (N-methyl/N-ethyl adjacent to an activating group) is 1. The van der Waals surface area contributed by atoms with Crippen LogP contribution in [0.25, 0.3) is 0 Å². The van der Waals surface area contributed by atoms with Crippen LogP contribution in [0.3, 0.4) is 0 Å². The number of nitrogens with one attached hydrogen (secondary N) is 1. The number of para-hydroxylation sites is 2. The number of hydrogen-bond acceptors (Lipinski definition) is 5. The molecular formula is C23H30N2O4. The van der Waals surface area contributed by atoms with Crippen molar-refractivity contribution in [3.63, 3.8) is 0 Å². The number of rotatable bonds is 9. The van der Waals surface area contributed by atoms with Crippen LogP contribution in [0.2, 0.25) is 0 Å². The molecule has 0 aliphatic carbocycles. The van der Waals surface area contributed by atoms with E-state index in [0.29, 0.717) is 31.1 Å². The predicted octanol–water partition coefficient (Wildman–Crippen LogP) is 3.15. The Hall–Kier alpha value is -2.73. The quantitative estimate of drug-likeness (QED) is 0.658. The molecule has 3 rings (SSSR count). The molecule has 0 spiro atoms. The standard InChI is InChI=1S/C23H30N2O4/c1-23(2)16-17-8-7-11-20(21(17)29-23)27-14-12-24-22(26)18-9-5-6-10-19(18)28-15-13-25(3)4/h5-11H,12-16H2,1-4H3,(H,24,26). The Bertz CT molecular complexity index is 849. The minimum Gasteiger partial charge on any atom is -0.491 e. The van der Waals surface area contributed by atoms with Gasteiger partial charge in [-0.1, -0.05) is 24.3 Å². The van der Waals surface area contributed by atoms with Crippen LogP contribution < -0.4 is 19.5 Å². The van der Waals surface area contributed by atoms with Gasteiger partial charge in [-0.25, -0.2) is 0 Å². The molecule has 2 aromatic rings. The number of carbonyl (C=O) groups excluding carboxylic acids is 1. The van der Waals surface area contributed by atoms with Gasteiger partial charge in [0, 0.05) is 18.5 Å². The molecule has 0 unspecified atom stereocenters. The summed E-state index contributed by atoms with van der Waals surface area (Å²) in [7, 11) is 3.96. The lowest BCUT2D eigenvalue weighted by Crippen LogP contribution is -2.29. The van der Waals surface area contributed by atoms with E-state index >= 15 is 0 Å². The summed E-state index contributed by atoms with van der Waals surface area (Å²) in [6, 6.07) is 13.2. The van der Waals surface area contributed by atoms with Gasteiger partial charge in [-0.05, 0) is 46.1 Å². The second kappa shape index (κ2) is 9.18. The van der Waals surface area contributed by atoms with Crippen molar-refractivity contribution in [1.82, 2.24) is 10.2 Å². The van der Waals surface area contributed by atoms with Gasteiger partial charge in [-0.3, -0.25) is 4.79 Å². The number of nitrogens with zero attached hydrogens (tertiary/aromatic N) is 1. The summed E-state index contributed by atoms with van der Waals surface area (Å²) in [5, 5.41) is 2.90. The molecule has 1 N–H and O–H groups in total. The number of ether oxygens (including phenoxy) is 3. The Balaban J connectivity index is 1.51. The van der Waals surface area contributed by atoms with Crippen molar-refractivity contribution < 1.29 is 19.0 Å². The van der Waals surface area contributed by atoms with E-state index in [9.17, 15) is 4.79 Å². The van der Waals surface area contributed by atoms with Gasteiger partial charge in [0.05, 0.1) is 12.1 Å². The van der Waals surface area contributed by atoms with Crippen LogP contribution in [0.4, 0.5) is 0 Å². The van der Waals surface area contributed by atoms with Gasteiger partial charge >= 0.3 is 0 Å². The summed E-state index contributed by atoms with van der Waals surface area (Å²) in [5.41, 5.74) is 1.46. The number of amides is 1. The lowest BCUT2D eigenvalue weighted by molar-refractivity contribution is 0.0942. The summed E-state index contributed by atoms with van der Waals surface area (Å²) in [4.78, 5) is 14.6. The molecule has 0 atom stereocenters. The van der Waals surface area contributed by atoms with E-state index in [-0.39, 0.29) is 11.5 Å². The summed E-state index contributed by atoms with van der Waals surface area (Å²) >= 11 is 0. The molecule has 1 heterocycles. The molecule has 2 aromatic carbocycles. The van der Waals surface area contributed by atoms with Crippen molar-refractivity contribution in [3.8, 4) is 17.2 Å². The first-order valence-electron chi connectivity index (χ1n) is 9.94. The highest BCUT2D eigenvalue weighted by molar-refractivity contribution is 5.96. The second-order valence-corrected chi connectivity index (χ2v) is 8.04. The Morgan fingerprint density at radius 3 is 2.59 bits per heavy atom. The van der Waals surface area contributed by atoms with Crippen LogP contribution in [-0.2, 0) is 6.42 Å². The molecule has 1 amide bonds. The molecule has 0 fully saturated rings. The average molecular weight is 399 g/mol. The molecule has 0 saturated heterocycles. The maximum Gasteiger partial charge on any atom is 0.255 e. The summed E-state index contributed by atoms with van der Waals surface area (Å²) in [6.07, 6.45) is 0.862. The average Bonchev–Trinajstić information content (AvgIpc) is 2.99. The molecule has 6 heteroatoms. The van der Waals surface area contributed by atoms with Crippen LogP contribution >= 0.6 is 0 Å².